The molecule has 3 heterocycles. The minimum Gasteiger partial charge on any atom is -0.444 e. The summed E-state index contributed by atoms with van der Waals surface area (Å²) in [5, 5.41) is 9.11. The van der Waals surface area contributed by atoms with Crippen molar-refractivity contribution in [3.63, 3.8) is 0 Å². The number of carbonyl (C=O) groups excluding carboxylic acids is 1. The predicted molar refractivity (Wildman–Crippen MR) is 106 cm³/mol. The maximum Gasteiger partial charge on any atom is 0.287 e. The number of furan rings is 1. The first-order valence-corrected chi connectivity index (χ1v) is 9.12. The van der Waals surface area contributed by atoms with Crippen molar-refractivity contribution in [1.82, 2.24) is 20.3 Å². The summed E-state index contributed by atoms with van der Waals surface area (Å²) in [7, 11) is 0. The molecule has 0 saturated heterocycles. The van der Waals surface area contributed by atoms with Gasteiger partial charge in [-0.15, -0.1) is 0 Å². The summed E-state index contributed by atoms with van der Waals surface area (Å²) in [5.41, 5.74) is 1.11. The first-order chi connectivity index (χ1) is 13.0. The van der Waals surface area contributed by atoms with Crippen molar-refractivity contribution in [3.05, 3.63) is 58.3 Å². The fraction of sp³-hybridized carbons (Fsp3) is 0.222. The molecule has 0 atom stereocenters. The molecular weight excluding hydrogens is 412 g/mol. The van der Waals surface area contributed by atoms with Crippen LogP contribution in [0.3, 0.4) is 0 Å². The molecule has 0 bridgehead atoms. The number of halogens is 1. The van der Waals surface area contributed by atoms with E-state index in [9.17, 15) is 4.79 Å². The highest BCUT2D eigenvalue weighted by atomic mass is 79.9. The second kappa shape index (κ2) is 8.63. The number of aromatic nitrogens is 3. The summed E-state index contributed by atoms with van der Waals surface area (Å²) >= 11 is 3.17. The molecule has 8 nitrogen and oxygen atoms in total. The van der Waals surface area contributed by atoms with Gasteiger partial charge in [0.05, 0.1) is 0 Å². The molecular formula is C18H19BrN6O2. The lowest BCUT2D eigenvalue weighted by Gasteiger charge is -2.10. The summed E-state index contributed by atoms with van der Waals surface area (Å²) in [6.07, 6.45) is 1.74. The lowest BCUT2D eigenvalue weighted by atomic mass is 10.3. The molecule has 0 saturated carbocycles. The van der Waals surface area contributed by atoms with Gasteiger partial charge in [0, 0.05) is 25.4 Å². The molecule has 0 aliphatic carbocycles. The Morgan fingerprint density at radius 1 is 1.07 bits per heavy atom. The number of aryl methyl sites for hydroxylation is 2. The number of amides is 1. The summed E-state index contributed by atoms with van der Waals surface area (Å²) in [6, 6.07) is 8.95. The van der Waals surface area contributed by atoms with Crippen LogP contribution in [-0.4, -0.2) is 33.9 Å². The molecule has 0 fully saturated rings. The normalized spacial score (nSPS) is 10.5. The van der Waals surface area contributed by atoms with Crippen molar-refractivity contribution in [2.75, 3.05) is 23.7 Å². The molecule has 3 aromatic heterocycles. The Kier molecular flexibility index (Phi) is 6.02. The Bertz CT molecular complexity index is 943. The molecule has 3 aromatic rings. The van der Waals surface area contributed by atoms with Gasteiger partial charge in [0.2, 0.25) is 0 Å². The number of hydrogen-bond donors (Lipinski definition) is 3. The van der Waals surface area contributed by atoms with Gasteiger partial charge in [-0.3, -0.25) is 4.79 Å². The summed E-state index contributed by atoms with van der Waals surface area (Å²) in [6.45, 7) is 4.74. The standard InChI is InChI=1S/C18H19BrN6O2/c1-11-5-6-20-15(9-11)25-17-10-16(23-12(2)24-17)21-7-8-22-18(26)13-3-4-14(19)27-13/h3-6,9-10H,7-8H2,1-2H3,(H,22,26)(H2,20,21,23,24,25). The molecule has 0 aliphatic heterocycles. The maximum absolute atomic E-state index is 11.9. The number of anilines is 3. The zero-order chi connectivity index (χ0) is 19.2. The minimum atomic E-state index is -0.269. The predicted octanol–water partition coefficient (Wildman–Crippen LogP) is 3.43. The Hall–Kier alpha value is -2.94. The summed E-state index contributed by atoms with van der Waals surface area (Å²) in [5.74, 6) is 2.64. The Balaban J connectivity index is 1.54. The van der Waals surface area contributed by atoms with Gasteiger partial charge in [-0.25, -0.2) is 15.0 Å². The van der Waals surface area contributed by atoms with Gasteiger partial charge in [0.1, 0.15) is 23.3 Å². The summed E-state index contributed by atoms with van der Waals surface area (Å²) in [4.78, 5) is 24.9. The van der Waals surface area contributed by atoms with E-state index >= 15 is 0 Å². The molecule has 0 radical (unpaired) electrons. The Morgan fingerprint density at radius 3 is 2.63 bits per heavy atom. The molecule has 9 heteroatoms. The third-order valence-corrected chi connectivity index (χ3v) is 3.95. The minimum absolute atomic E-state index is 0.261. The summed E-state index contributed by atoms with van der Waals surface area (Å²) < 4.78 is 5.73. The van der Waals surface area contributed by atoms with Crippen LogP contribution in [0.4, 0.5) is 17.5 Å². The average Bonchev–Trinajstić information content (AvgIpc) is 3.05. The van der Waals surface area contributed by atoms with Crippen LogP contribution in [0.5, 0.6) is 0 Å². The van der Waals surface area contributed by atoms with Gasteiger partial charge in [0.15, 0.2) is 10.4 Å². The zero-order valence-corrected chi connectivity index (χ0v) is 16.5. The van der Waals surface area contributed by atoms with Crippen LogP contribution in [-0.2, 0) is 0 Å². The Labute approximate surface area is 165 Å². The van der Waals surface area contributed by atoms with Gasteiger partial charge < -0.3 is 20.4 Å². The van der Waals surface area contributed by atoms with E-state index in [0.29, 0.717) is 35.2 Å². The third-order valence-electron chi connectivity index (χ3n) is 3.52. The number of pyridine rings is 1. The van der Waals surface area contributed by atoms with Gasteiger partial charge >= 0.3 is 0 Å². The quantitative estimate of drug-likeness (QED) is 0.493. The van der Waals surface area contributed by atoms with E-state index in [4.69, 9.17) is 4.42 Å². The van der Waals surface area contributed by atoms with Crippen molar-refractivity contribution in [1.29, 1.82) is 0 Å². The van der Waals surface area contributed by atoms with Crippen LogP contribution in [0, 0.1) is 13.8 Å². The van der Waals surface area contributed by atoms with E-state index in [2.05, 4.69) is 46.8 Å². The van der Waals surface area contributed by atoms with Gasteiger partial charge in [-0.05, 0) is 59.6 Å². The number of hydrogen-bond acceptors (Lipinski definition) is 7. The van der Waals surface area contributed by atoms with Crippen LogP contribution in [0.2, 0.25) is 0 Å². The van der Waals surface area contributed by atoms with Gasteiger partial charge in [-0.1, -0.05) is 0 Å². The lowest BCUT2D eigenvalue weighted by Crippen LogP contribution is -2.28. The van der Waals surface area contributed by atoms with E-state index in [-0.39, 0.29) is 11.7 Å². The number of carbonyl (C=O) groups is 1. The maximum atomic E-state index is 11.9. The monoisotopic (exact) mass is 430 g/mol. The van der Waals surface area contributed by atoms with Gasteiger partial charge in [0.25, 0.3) is 5.91 Å². The fourth-order valence-corrected chi connectivity index (χ4v) is 2.65. The highest BCUT2D eigenvalue weighted by Gasteiger charge is 2.09. The fourth-order valence-electron chi connectivity index (χ4n) is 2.35. The first kappa shape index (κ1) is 18.8. The number of nitrogens with one attached hydrogen (secondary N) is 3. The molecule has 3 rings (SSSR count). The first-order valence-electron chi connectivity index (χ1n) is 8.32. The molecule has 0 unspecified atom stereocenters. The number of nitrogens with zero attached hydrogens (tertiary/aromatic N) is 3. The number of rotatable bonds is 7. The van der Waals surface area contributed by atoms with Crippen LogP contribution in [0.15, 0.2) is 45.6 Å². The van der Waals surface area contributed by atoms with Crippen molar-refractivity contribution >= 4 is 39.3 Å². The van der Waals surface area contributed by atoms with Crippen LogP contribution in [0.1, 0.15) is 21.9 Å². The molecule has 0 spiro atoms. The molecule has 140 valence electrons. The van der Waals surface area contributed by atoms with Crippen molar-refractivity contribution in [3.8, 4) is 0 Å². The van der Waals surface area contributed by atoms with Crippen LogP contribution < -0.4 is 16.0 Å². The lowest BCUT2D eigenvalue weighted by molar-refractivity contribution is 0.0926. The van der Waals surface area contributed by atoms with E-state index in [0.717, 1.165) is 11.4 Å². The second-order valence-corrected chi connectivity index (χ2v) is 6.60. The SMILES string of the molecule is Cc1ccnc(Nc2cc(NCCNC(=O)c3ccc(Br)o3)nc(C)n2)c1. The second-order valence-electron chi connectivity index (χ2n) is 5.82. The third kappa shape index (κ3) is 5.52. The largest absolute Gasteiger partial charge is 0.444 e. The van der Waals surface area contributed by atoms with Gasteiger partial charge in [-0.2, -0.15) is 0 Å². The molecule has 3 N–H and O–H groups in total. The van der Waals surface area contributed by atoms with E-state index < -0.39 is 0 Å². The highest BCUT2D eigenvalue weighted by Crippen LogP contribution is 2.16. The van der Waals surface area contributed by atoms with Crippen molar-refractivity contribution in [2.45, 2.75) is 13.8 Å². The van der Waals surface area contributed by atoms with E-state index in [1.54, 1.807) is 24.4 Å². The van der Waals surface area contributed by atoms with Crippen LogP contribution >= 0.6 is 15.9 Å². The zero-order valence-electron chi connectivity index (χ0n) is 14.9. The smallest absolute Gasteiger partial charge is 0.287 e. The molecule has 0 aromatic carbocycles. The van der Waals surface area contributed by atoms with Crippen LogP contribution in [0.25, 0.3) is 0 Å². The molecule has 0 aliphatic rings. The highest BCUT2D eigenvalue weighted by molar-refractivity contribution is 9.10. The van der Waals surface area contributed by atoms with E-state index in [1.165, 1.54) is 0 Å². The molecule has 1 amide bonds. The van der Waals surface area contributed by atoms with Crippen molar-refractivity contribution in [2.24, 2.45) is 0 Å². The topological polar surface area (TPSA) is 105 Å². The Morgan fingerprint density at radius 2 is 1.89 bits per heavy atom. The van der Waals surface area contributed by atoms with Crippen molar-refractivity contribution < 1.29 is 9.21 Å². The molecule has 27 heavy (non-hydrogen) atoms. The van der Waals surface area contributed by atoms with E-state index in [1.807, 2.05) is 26.0 Å². The average molecular weight is 431 g/mol.